The number of nitrogens with zero attached hydrogens (tertiary/aromatic N) is 3. The van der Waals surface area contributed by atoms with Gasteiger partial charge in [0.15, 0.2) is 0 Å². The number of nitrogens with two attached hydrogens (primary N) is 1. The third kappa shape index (κ3) is 3.34. The van der Waals surface area contributed by atoms with Gasteiger partial charge in [0, 0.05) is 34.9 Å². The summed E-state index contributed by atoms with van der Waals surface area (Å²) in [5.74, 6) is 1.03. The molecule has 2 aromatic heterocycles. The summed E-state index contributed by atoms with van der Waals surface area (Å²) in [6.45, 7) is 0. The molecule has 3 aromatic rings. The number of aromatic nitrogens is 3. The van der Waals surface area contributed by atoms with Crippen molar-refractivity contribution in [3.8, 4) is 11.4 Å². The van der Waals surface area contributed by atoms with E-state index in [9.17, 15) is 0 Å². The first-order valence-electron chi connectivity index (χ1n) is 6.46. The Balaban J connectivity index is 1.76. The second kappa shape index (κ2) is 6.15. The molecule has 106 valence electrons. The van der Waals surface area contributed by atoms with Crippen molar-refractivity contribution in [3.63, 3.8) is 0 Å². The van der Waals surface area contributed by atoms with Crippen LogP contribution in [0, 0.1) is 0 Å². The third-order valence-electron chi connectivity index (χ3n) is 3.05. The molecule has 0 saturated heterocycles. The molecule has 0 saturated carbocycles. The summed E-state index contributed by atoms with van der Waals surface area (Å²) in [5.41, 5.74) is 7.99. The fraction of sp³-hybridized carbons (Fsp3) is 0.133. The maximum Gasteiger partial charge on any atom is 0.228 e. The fourth-order valence-corrected chi connectivity index (χ4v) is 2.36. The van der Waals surface area contributed by atoms with Crippen molar-refractivity contribution < 1.29 is 4.52 Å². The monoisotopic (exact) mass is 344 g/mol. The predicted octanol–water partition coefficient (Wildman–Crippen LogP) is 3.14. The van der Waals surface area contributed by atoms with E-state index in [4.69, 9.17) is 10.3 Å². The van der Waals surface area contributed by atoms with Crippen LogP contribution in [0.1, 0.15) is 17.5 Å². The molecule has 0 aliphatic rings. The number of pyridine rings is 1. The lowest BCUT2D eigenvalue weighted by atomic mass is 10.1. The highest BCUT2D eigenvalue weighted by Gasteiger charge is 2.14. The smallest absolute Gasteiger partial charge is 0.228 e. The summed E-state index contributed by atoms with van der Waals surface area (Å²) in [4.78, 5) is 8.45. The van der Waals surface area contributed by atoms with Crippen molar-refractivity contribution in [2.75, 3.05) is 0 Å². The van der Waals surface area contributed by atoms with E-state index in [2.05, 4.69) is 31.1 Å². The Hall–Kier alpha value is -2.05. The van der Waals surface area contributed by atoms with Crippen LogP contribution < -0.4 is 5.73 Å². The maximum absolute atomic E-state index is 6.15. The summed E-state index contributed by atoms with van der Waals surface area (Å²) in [7, 11) is 0. The van der Waals surface area contributed by atoms with Crippen LogP contribution in [-0.4, -0.2) is 15.1 Å². The number of rotatable bonds is 4. The van der Waals surface area contributed by atoms with E-state index in [1.165, 1.54) is 0 Å². The minimum atomic E-state index is -0.167. The van der Waals surface area contributed by atoms with Crippen molar-refractivity contribution in [2.24, 2.45) is 5.73 Å². The van der Waals surface area contributed by atoms with E-state index < -0.39 is 0 Å². The summed E-state index contributed by atoms with van der Waals surface area (Å²) in [5, 5.41) is 3.97. The van der Waals surface area contributed by atoms with Crippen LogP contribution >= 0.6 is 15.9 Å². The van der Waals surface area contributed by atoms with Crippen LogP contribution in [0.3, 0.4) is 0 Å². The van der Waals surface area contributed by atoms with Gasteiger partial charge >= 0.3 is 0 Å². The average molecular weight is 345 g/mol. The lowest BCUT2D eigenvalue weighted by Gasteiger charge is -2.08. The molecule has 0 spiro atoms. The number of halogens is 1. The second-order valence-electron chi connectivity index (χ2n) is 4.62. The van der Waals surface area contributed by atoms with Gasteiger partial charge in [0.1, 0.15) is 0 Å². The van der Waals surface area contributed by atoms with E-state index in [0.29, 0.717) is 18.1 Å². The minimum absolute atomic E-state index is 0.167. The summed E-state index contributed by atoms with van der Waals surface area (Å²) < 4.78 is 6.13. The Kier molecular flexibility index (Phi) is 4.08. The molecule has 0 amide bonds. The summed E-state index contributed by atoms with van der Waals surface area (Å²) >= 11 is 3.37. The Morgan fingerprint density at radius 3 is 2.76 bits per heavy atom. The Morgan fingerprint density at radius 1 is 1.19 bits per heavy atom. The molecule has 0 aliphatic carbocycles. The van der Waals surface area contributed by atoms with Crippen LogP contribution in [0.15, 0.2) is 57.8 Å². The fourth-order valence-electron chi connectivity index (χ4n) is 2.00. The molecule has 2 N–H and O–H groups in total. The van der Waals surface area contributed by atoms with E-state index in [-0.39, 0.29) is 6.04 Å². The molecule has 1 aromatic carbocycles. The molecule has 1 unspecified atom stereocenters. The predicted molar refractivity (Wildman–Crippen MR) is 82.3 cm³/mol. The largest absolute Gasteiger partial charge is 0.339 e. The standard InChI is InChI=1S/C15H13BrN4O/c16-12-6-11(8-18-9-12)15-19-14(21-20-15)7-13(17)10-4-2-1-3-5-10/h1-6,8-9,13H,7,17H2. The zero-order chi connectivity index (χ0) is 14.7. The topological polar surface area (TPSA) is 77.8 Å². The molecule has 0 radical (unpaired) electrons. The van der Waals surface area contributed by atoms with Gasteiger partial charge in [-0.2, -0.15) is 4.98 Å². The number of hydrogen-bond acceptors (Lipinski definition) is 5. The molecule has 0 aliphatic heterocycles. The molecule has 6 heteroatoms. The van der Waals surface area contributed by atoms with Crippen LogP contribution in [0.25, 0.3) is 11.4 Å². The Labute approximate surface area is 130 Å². The zero-order valence-electron chi connectivity index (χ0n) is 11.1. The Morgan fingerprint density at radius 2 is 2.00 bits per heavy atom. The highest BCUT2D eigenvalue weighted by molar-refractivity contribution is 9.10. The maximum atomic E-state index is 6.15. The van der Waals surface area contributed by atoms with Gasteiger partial charge < -0.3 is 10.3 Å². The van der Waals surface area contributed by atoms with Crippen LogP contribution in [-0.2, 0) is 6.42 Å². The van der Waals surface area contributed by atoms with Crippen LogP contribution in [0.5, 0.6) is 0 Å². The first kappa shape index (κ1) is 13.9. The number of hydrogen-bond donors (Lipinski definition) is 1. The summed E-state index contributed by atoms with van der Waals surface area (Å²) in [6, 6.07) is 11.6. The van der Waals surface area contributed by atoms with Gasteiger partial charge in [-0.15, -0.1) is 0 Å². The van der Waals surface area contributed by atoms with Gasteiger partial charge in [-0.05, 0) is 27.6 Å². The average Bonchev–Trinajstić information content (AvgIpc) is 2.97. The molecule has 2 heterocycles. The van der Waals surface area contributed by atoms with E-state index in [1.807, 2.05) is 36.4 Å². The van der Waals surface area contributed by atoms with E-state index in [0.717, 1.165) is 15.6 Å². The second-order valence-corrected chi connectivity index (χ2v) is 5.54. The molecule has 0 fully saturated rings. The Bertz CT molecular complexity index is 729. The van der Waals surface area contributed by atoms with Crippen molar-refractivity contribution >= 4 is 15.9 Å². The molecule has 1 atom stereocenters. The van der Waals surface area contributed by atoms with Crippen molar-refractivity contribution in [1.29, 1.82) is 0 Å². The molecule has 3 rings (SSSR count). The van der Waals surface area contributed by atoms with Crippen molar-refractivity contribution in [3.05, 3.63) is 64.7 Å². The van der Waals surface area contributed by atoms with Gasteiger partial charge in [0.25, 0.3) is 0 Å². The van der Waals surface area contributed by atoms with Crippen LogP contribution in [0.4, 0.5) is 0 Å². The third-order valence-corrected chi connectivity index (χ3v) is 3.49. The first-order valence-corrected chi connectivity index (χ1v) is 7.26. The highest BCUT2D eigenvalue weighted by atomic mass is 79.9. The lowest BCUT2D eigenvalue weighted by molar-refractivity contribution is 0.370. The molecular weight excluding hydrogens is 332 g/mol. The van der Waals surface area contributed by atoms with Crippen molar-refractivity contribution in [2.45, 2.75) is 12.5 Å². The van der Waals surface area contributed by atoms with Gasteiger partial charge in [-0.25, -0.2) is 0 Å². The SMILES string of the molecule is NC(Cc1nc(-c2cncc(Br)c2)no1)c1ccccc1. The normalized spacial score (nSPS) is 12.3. The van der Waals surface area contributed by atoms with Gasteiger partial charge in [0.2, 0.25) is 11.7 Å². The highest BCUT2D eigenvalue weighted by Crippen LogP contribution is 2.20. The molecule has 0 bridgehead atoms. The van der Waals surface area contributed by atoms with Crippen LogP contribution in [0.2, 0.25) is 0 Å². The zero-order valence-corrected chi connectivity index (χ0v) is 12.7. The minimum Gasteiger partial charge on any atom is -0.339 e. The van der Waals surface area contributed by atoms with E-state index in [1.54, 1.807) is 12.4 Å². The quantitative estimate of drug-likeness (QED) is 0.786. The first-order chi connectivity index (χ1) is 10.2. The van der Waals surface area contributed by atoms with E-state index >= 15 is 0 Å². The summed E-state index contributed by atoms with van der Waals surface area (Å²) in [6.07, 6.45) is 3.89. The molecule has 21 heavy (non-hydrogen) atoms. The van der Waals surface area contributed by atoms with Gasteiger partial charge in [-0.1, -0.05) is 35.5 Å². The molecule has 5 nitrogen and oxygen atoms in total. The lowest BCUT2D eigenvalue weighted by Crippen LogP contribution is -2.13. The molecular formula is C15H13BrN4O. The van der Waals surface area contributed by atoms with Gasteiger partial charge in [-0.3, -0.25) is 4.98 Å². The van der Waals surface area contributed by atoms with Gasteiger partial charge in [0.05, 0.1) is 0 Å². The van der Waals surface area contributed by atoms with Crippen molar-refractivity contribution in [1.82, 2.24) is 15.1 Å². The number of benzene rings is 1.